The summed E-state index contributed by atoms with van der Waals surface area (Å²) >= 11 is 0. The maximum absolute atomic E-state index is 6.42. The highest BCUT2D eigenvalue weighted by Gasteiger charge is 2.38. The van der Waals surface area contributed by atoms with E-state index in [4.69, 9.17) is 4.42 Å². The van der Waals surface area contributed by atoms with Crippen LogP contribution in [-0.2, 0) is 5.41 Å². The molecule has 9 aromatic carbocycles. The Balaban J connectivity index is 1.13. The molecule has 1 aliphatic carbocycles. The minimum absolute atomic E-state index is 0.187. The molecule has 0 atom stereocenters. The van der Waals surface area contributed by atoms with Crippen molar-refractivity contribution < 1.29 is 4.42 Å². The van der Waals surface area contributed by atoms with Gasteiger partial charge in [0.1, 0.15) is 11.2 Å². The summed E-state index contributed by atoms with van der Waals surface area (Å²) in [6, 6.07) is 60.4. The Kier molecular flexibility index (Phi) is 5.60. The lowest BCUT2D eigenvalue weighted by Crippen LogP contribution is -2.14. The molecule has 12 rings (SSSR count). The highest BCUT2D eigenvalue weighted by molar-refractivity contribution is 6.26. The van der Waals surface area contributed by atoms with Gasteiger partial charge in [-0.05, 0) is 103 Å². The first-order chi connectivity index (χ1) is 26.0. The quantitative estimate of drug-likeness (QED) is 0.167. The van der Waals surface area contributed by atoms with Crippen molar-refractivity contribution in [2.45, 2.75) is 19.3 Å². The standard InChI is InChI=1S/C51H33NO/c1-51(2)44-25-24-40-38-18-7-9-20-46(38)52(50(40)49(44)43-28-42-39-19-8-10-21-47(39)53-48(42)29-45(43)51)32-13-11-12-30(26-32)31-22-23-37-35-16-4-3-14-33(35)34-15-5-6-17-36(34)41(37)27-31/h3-29H,1-2H3. The zero-order valence-electron chi connectivity index (χ0n) is 29.4. The van der Waals surface area contributed by atoms with E-state index in [-0.39, 0.29) is 5.41 Å². The van der Waals surface area contributed by atoms with Gasteiger partial charge >= 0.3 is 0 Å². The Labute approximate surface area is 306 Å². The lowest BCUT2D eigenvalue weighted by atomic mass is 9.82. The molecule has 2 nitrogen and oxygen atoms in total. The number of nitrogens with zero attached hydrogens (tertiary/aromatic N) is 1. The van der Waals surface area contributed by atoms with E-state index < -0.39 is 0 Å². The summed E-state index contributed by atoms with van der Waals surface area (Å²) in [5.41, 5.74) is 13.0. The first-order valence-corrected chi connectivity index (χ1v) is 18.5. The predicted octanol–water partition coefficient (Wildman–Crippen LogP) is 14.1. The highest BCUT2D eigenvalue weighted by atomic mass is 16.3. The van der Waals surface area contributed by atoms with Gasteiger partial charge in [0.15, 0.2) is 0 Å². The molecule has 0 radical (unpaired) electrons. The fraction of sp³-hybridized carbons (Fsp3) is 0.0588. The minimum Gasteiger partial charge on any atom is -0.456 e. The van der Waals surface area contributed by atoms with Gasteiger partial charge in [-0.25, -0.2) is 0 Å². The van der Waals surface area contributed by atoms with Crippen LogP contribution in [-0.4, -0.2) is 4.57 Å². The van der Waals surface area contributed by atoms with E-state index in [1.165, 1.54) is 92.9 Å². The van der Waals surface area contributed by atoms with Crippen molar-refractivity contribution in [1.29, 1.82) is 0 Å². The summed E-state index contributed by atoms with van der Waals surface area (Å²) in [7, 11) is 0. The number of hydrogen-bond donors (Lipinski definition) is 0. The van der Waals surface area contributed by atoms with Crippen LogP contribution in [0.5, 0.6) is 0 Å². The zero-order chi connectivity index (χ0) is 35.0. The first-order valence-electron chi connectivity index (χ1n) is 18.5. The van der Waals surface area contributed by atoms with Gasteiger partial charge in [-0.2, -0.15) is 0 Å². The molecule has 53 heavy (non-hydrogen) atoms. The van der Waals surface area contributed by atoms with Crippen LogP contribution in [0.15, 0.2) is 168 Å². The molecule has 0 saturated carbocycles. The van der Waals surface area contributed by atoms with E-state index in [1.807, 2.05) is 0 Å². The van der Waals surface area contributed by atoms with Gasteiger partial charge < -0.3 is 8.98 Å². The maximum atomic E-state index is 6.42. The normalized spacial score (nSPS) is 13.6. The fourth-order valence-corrected chi connectivity index (χ4v) is 9.67. The lowest BCUT2D eigenvalue weighted by molar-refractivity contribution is 0.647. The number of hydrogen-bond acceptors (Lipinski definition) is 1. The molecule has 0 aliphatic heterocycles. The molecule has 0 unspecified atom stereocenters. The number of para-hydroxylation sites is 2. The van der Waals surface area contributed by atoms with Gasteiger partial charge in [0.2, 0.25) is 0 Å². The number of furan rings is 1. The van der Waals surface area contributed by atoms with Crippen LogP contribution in [0.3, 0.4) is 0 Å². The summed E-state index contributed by atoms with van der Waals surface area (Å²) in [5, 5.41) is 12.6. The molecule has 2 heteroatoms. The average Bonchev–Trinajstić information content (AvgIpc) is 3.82. The van der Waals surface area contributed by atoms with E-state index in [1.54, 1.807) is 0 Å². The van der Waals surface area contributed by atoms with Crippen molar-refractivity contribution in [3.8, 4) is 27.9 Å². The molecule has 2 aromatic heterocycles. The Hall–Kier alpha value is -6.64. The molecule has 2 heterocycles. The van der Waals surface area contributed by atoms with Gasteiger partial charge in [-0.15, -0.1) is 0 Å². The van der Waals surface area contributed by atoms with Gasteiger partial charge in [0, 0.05) is 38.2 Å². The van der Waals surface area contributed by atoms with Gasteiger partial charge in [-0.3, -0.25) is 0 Å². The largest absolute Gasteiger partial charge is 0.456 e. The Morgan fingerprint density at radius 3 is 1.81 bits per heavy atom. The molecular formula is C51H33NO. The topological polar surface area (TPSA) is 18.1 Å². The van der Waals surface area contributed by atoms with Crippen LogP contribution in [0.4, 0.5) is 0 Å². The Morgan fingerprint density at radius 2 is 1.04 bits per heavy atom. The third-order valence-electron chi connectivity index (χ3n) is 12.2. The van der Waals surface area contributed by atoms with E-state index in [0.29, 0.717) is 0 Å². The van der Waals surface area contributed by atoms with E-state index in [2.05, 4.69) is 182 Å². The summed E-state index contributed by atoms with van der Waals surface area (Å²) in [6.07, 6.45) is 0. The Bertz CT molecular complexity index is 3340. The summed E-state index contributed by atoms with van der Waals surface area (Å²) in [5.74, 6) is 0. The summed E-state index contributed by atoms with van der Waals surface area (Å²) < 4.78 is 8.93. The van der Waals surface area contributed by atoms with Crippen molar-refractivity contribution in [3.63, 3.8) is 0 Å². The second-order valence-corrected chi connectivity index (χ2v) is 15.3. The third kappa shape index (κ3) is 3.82. The van der Waals surface area contributed by atoms with Crippen molar-refractivity contribution >= 4 is 76.1 Å². The molecule has 0 fully saturated rings. The van der Waals surface area contributed by atoms with Crippen LogP contribution >= 0.6 is 0 Å². The fourth-order valence-electron chi connectivity index (χ4n) is 9.67. The van der Waals surface area contributed by atoms with Gasteiger partial charge in [0.25, 0.3) is 0 Å². The van der Waals surface area contributed by atoms with E-state index in [9.17, 15) is 0 Å². The minimum atomic E-state index is -0.187. The molecule has 248 valence electrons. The SMILES string of the molecule is CC1(C)c2cc3oc4ccccc4c3cc2-c2c1ccc1c3ccccc3n(-c3cccc(-c4ccc5c6ccccc6c6ccccc6c5c4)c3)c21. The predicted molar refractivity (Wildman–Crippen MR) is 224 cm³/mol. The molecular weight excluding hydrogens is 643 g/mol. The maximum Gasteiger partial charge on any atom is 0.135 e. The molecule has 0 amide bonds. The van der Waals surface area contributed by atoms with Crippen molar-refractivity contribution in [1.82, 2.24) is 4.57 Å². The van der Waals surface area contributed by atoms with Crippen molar-refractivity contribution in [2.24, 2.45) is 0 Å². The summed E-state index contributed by atoms with van der Waals surface area (Å²) in [6.45, 7) is 4.72. The van der Waals surface area contributed by atoms with Crippen LogP contribution in [0.25, 0.3) is 104 Å². The van der Waals surface area contributed by atoms with Gasteiger partial charge in [-0.1, -0.05) is 135 Å². The molecule has 0 N–H and O–H groups in total. The third-order valence-corrected chi connectivity index (χ3v) is 12.2. The monoisotopic (exact) mass is 675 g/mol. The number of aromatic nitrogens is 1. The number of rotatable bonds is 2. The van der Waals surface area contributed by atoms with Crippen LogP contribution < -0.4 is 0 Å². The van der Waals surface area contributed by atoms with Crippen LogP contribution in [0.2, 0.25) is 0 Å². The molecule has 0 bridgehead atoms. The first kappa shape index (κ1) is 29.0. The Morgan fingerprint density at radius 1 is 0.415 bits per heavy atom. The number of fused-ring (bicyclic) bond motifs is 16. The van der Waals surface area contributed by atoms with Crippen molar-refractivity contribution in [3.05, 3.63) is 175 Å². The average molecular weight is 676 g/mol. The van der Waals surface area contributed by atoms with Crippen LogP contribution in [0.1, 0.15) is 25.0 Å². The summed E-state index contributed by atoms with van der Waals surface area (Å²) in [4.78, 5) is 0. The highest BCUT2D eigenvalue weighted by Crippen LogP contribution is 2.54. The molecule has 11 aromatic rings. The molecule has 1 aliphatic rings. The van der Waals surface area contributed by atoms with E-state index >= 15 is 0 Å². The van der Waals surface area contributed by atoms with Gasteiger partial charge in [0.05, 0.1) is 11.0 Å². The second kappa shape index (κ2) is 10.2. The van der Waals surface area contributed by atoms with E-state index in [0.717, 1.165) is 22.2 Å². The molecule has 0 saturated heterocycles. The molecule has 0 spiro atoms. The smallest absolute Gasteiger partial charge is 0.135 e. The number of benzene rings is 9. The van der Waals surface area contributed by atoms with Crippen molar-refractivity contribution in [2.75, 3.05) is 0 Å². The lowest BCUT2D eigenvalue weighted by Gasteiger charge is -2.21. The van der Waals surface area contributed by atoms with Crippen LogP contribution in [0, 0.1) is 0 Å². The zero-order valence-corrected chi connectivity index (χ0v) is 29.4. The second-order valence-electron chi connectivity index (χ2n) is 15.3.